The van der Waals surface area contributed by atoms with Gasteiger partial charge in [-0.3, -0.25) is 4.79 Å². The molecule has 202 valence electrons. The van der Waals surface area contributed by atoms with E-state index in [9.17, 15) is 9.90 Å². The fraction of sp³-hybridized carbons (Fsp3) is 0.375. The summed E-state index contributed by atoms with van der Waals surface area (Å²) in [6.07, 6.45) is 6.65. The summed E-state index contributed by atoms with van der Waals surface area (Å²) in [7, 11) is 0. The van der Waals surface area contributed by atoms with Crippen LogP contribution in [0.1, 0.15) is 66.9 Å². The molecule has 0 unspecified atom stereocenters. The van der Waals surface area contributed by atoms with Crippen LogP contribution >= 0.6 is 0 Å². The summed E-state index contributed by atoms with van der Waals surface area (Å²) in [5.41, 5.74) is 3.84. The van der Waals surface area contributed by atoms with Crippen molar-refractivity contribution in [2.24, 2.45) is 0 Å². The second-order valence-electron chi connectivity index (χ2n) is 10.7. The van der Waals surface area contributed by atoms with Crippen molar-refractivity contribution in [3.8, 4) is 17.1 Å². The quantitative estimate of drug-likeness (QED) is 0.310. The Hall–Kier alpha value is -3.71. The van der Waals surface area contributed by atoms with Crippen molar-refractivity contribution in [3.05, 3.63) is 83.7 Å². The first kappa shape index (κ1) is 25.6. The maximum Gasteiger partial charge on any atom is 0.253 e. The van der Waals surface area contributed by atoms with Crippen LogP contribution in [0.5, 0.6) is 5.75 Å². The average molecular weight is 528 g/mol. The number of hydrogen-bond acceptors (Lipinski definition) is 4. The highest BCUT2D eigenvalue weighted by molar-refractivity contribution is 5.94. The van der Waals surface area contributed by atoms with Gasteiger partial charge in [-0.15, -0.1) is 0 Å². The van der Waals surface area contributed by atoms with Gasteiger partial charge in [0.2, 0.25) is 0 Å². The number of likely N-dealkylation sites (tertiary alicyclic amines) is 1. The van der Waals surface area contributed by atoms with Gasteiger partial charge in [0.25, 0.3) is 5.91 Å². The van der Waals surface area contributed by atoms with Gasteiger partial charge in [-0.05, 0) is 67.6 Å². The molecule has 1 aromatic heterocycles. The molecule has 1 saturated heterocycles. The van der Waals surface area contributed by atoms with Gasteiger partial charge in [-0.2, -0.15) is 0 Å². The molecule has 1 saturated carbocycles. The highest BCUT2D eigenvalue weighted by atomic mass is 19.1. The SMILES string of the molecule is O=C(c1cccc(COc2ccc(-c3nc4ccccc4n3C3CCCCC3)c(F)c2)c1)N1CCC(O)CC1. The van der Waals surface area contributed by atoms with Gasteiger partial charge in [0.1, 0.15) is 24.0 Å². The van der Waals surface area contributed by atoms with Gasteiger partial charge in [0.15, 0.2) is 0 Å². The number of piperidine rings is 1. The van der Waals surface area contributed by atoms with E-state index >= 15 is 4.39 Å². The number of rotatable bonds is 6. The van der Waals surface area contributed by atoms with Gasteiger partial charge >= 0.3 is 0 Å². The predicted molar refractivity (Wildman–Crippen MR) is 149 cm³/mol. The molecule has 6 rings (SSSR count). The van der Waals surface area contributed by atoms with Crippen molar-refractivity contribution in [2.75, 3.05) is 13.1 Å². The largest absolute Gasteiger partial charge is 0.489 e. The number of carbonyl (C=O) groups excluding carboxylic acids is 1. The maximum atomic E-state index is 15.5. The molecule has 0 spiro atoms. The maximum absolute atomic E-state index is 15.5. The number of aliphatic hydroxyl groups is 1. The van der Waals surface area contributed by atoms with E-state index in [1.54, 1.807) is 23.1 Å². The molecule has 7 heteroatoms. The third kappa shape index (κ3) is 5.41. The van der Waals surface area contributed by atoms with Crippen molar-refractivity contribution < 1.29 is 19.0 Å². The molecule has 1 amide bonds. The number of aromatic nitrogens is 2. The van der Waals surface area contributed by atoms with E-state index in [1.807, 2.05) is 36.4 Å². The van der Waals surface area contributed by atoms with Crippen LogP contribution in [0.4, 0.5) is 4.39 Å². The smallest absolute Gasteiger partial charge is 0.253 e. The fourth-order valence-corrected chi connectivity index (χ4v) is 5.92. The molecule has 1 aliphatic heterocycles. The number of benzene rings is 3. The van der Waals surface area contributed by atoms with Gasteiger partial charge in [-0.1, -0.05) is 43.5 Å². The molecule has 2 aliphatic rings. The zero-order valence-electron chi connectivity index (χ0n) is 22.1. The molecule has 0 atom stereocenters. The zero-order valence-corrected chi connectivity index (χ0v) is 22.1. The molecule has 2 heterocycles. The summed E-state index contributed by atoms with van der Waals surface area (Å²) in [6.45, 7) is 1.33. The summed E-state index contributed by atoms with van der Waals surface area (Å²) in [4.78, 5) is 19.5. The summed E-state index contributed by atoms with van der Waals surface area (Å²) in [6, 6.07) is 20.7. The summed E-state index contributed by atoms with van der Waals surface area (Å²) in [5, 5.41) is 9.72. The second-order valence-corrected chi connectivity index (χ2v) is 10.7. The Labute approximate surface area is 228 Å². The number of ether oxygens (including phenoxy) is 1. The number of fused-ring (bicyclic) bond motifs is 1. The van der Waals surface area contributed by atoms with E-state index < -0.39 is 0 Å². The van der Waals surface area contributed by atoms with E-state index in [0.717, 1.165) is 29.4 Å². The number of aliphatic hydroxyl groups excluding tert-OH is 1. The van der Waals surface area contributed by atoms with Gasteiger partial charge in [0, 0.05) is 30.8 Å². The Balaban J connectivity index is 1.19. The number of amides is 1. The van der Waals surface area contributed by atoms with Crippen molar-refractivity contribution in [1.82, 2.24) is 14.5 Å². The van der Waals surface area contributed by atoms with Crippen molar-refractivity contribution in [1.29, 1.82) is 0 Å². The normalized spacial score (nSPS) is 17.0. The molecule has 6 nitrogen and oxygen atoms in total. The Morgan fingerprint density at radius 2 is 1.74 bits per heavy atom. The molecule has 1 N–H and O–H groups in total. The van der Waals surface area contributed by atoms with Crippen LogP contribution in [0, 0.1) is 5.82 Å². The highest BCUT2D eigenvalue weighted by Gasteiger charge is 2.24. The summed E-state index contributed by atoms with van der Waals surface area (Å²) in [5.74, 6) is 0.693. The van der Waals surface area contributed by atoms with E-state index in [1.165, 1.54) is 25.3 Å². The Morgan fingerprint density at radius 1 is 0.949 bits per heavy atom. The Morgan fingerprint density at radius 3 is 2.54 bits per heavy atom. The minimum atomic E-state index is -0.365. The molecular formula is C32H34FN3O3. The number of halogens is 1. The topological polar surface area (TPSA) is 67.6 Å². The lowest BCUT2D eigenvalue weighted by atomic mass is 9.95. The zero-order chi connectivity index (χ0) is 26.8. The number of imidazole rings is 1. The lowest BCUT2D eigenvalue weighted by Gasteiger charge is -2.29. The van der Waals surface area contributed by atoms with E-state index in [-0.39, 0.29) is 24.4 Å². The average Bonchev–Trinajstić information content (AvgIpc) is 3.36. The van der Waals surface area contributed by atoms with Crippen molar-refractivity contribution in [3.63, 3.8) is 0 Å². The van der Waals surface area contributed by atoms with Crippen LogP contribution in [0.2, 0.25) is 0 Å². The number of nitrogens with zero attached hydrogens (tertiary/aromatic N) is 3. The molecule has 4 aromatic rings. The molecule has 0 radical (unpaired) electrons. The van der Waals surface area contributed by atoms with E-state index in [0.29, 0.717) is 54.7 Å². The van der Waals surface area contributed by atoms with Gasteiger partial charge in [-0.25, -0.2) is 9.37 Å². The monoisotopic (exact) mass is 527 g/mol. The molecule has 0 bridgehead atoms. The van der Waals surface area contributed by atoms with Crippen molar-refractivity contribution in [2.45, 2.75) is 63.7 Å². The van der Waals surface area contributed by atoms with Crippen LogP contribution in [-0.4, -0.2) is 44.7 Å². The first-order valence-corrected chi connectivity index (χ1v) is 14.0. The minimum absolute atomic E-state index is 0.0417. The van der Waals surface area contributed by atoms with E-state index in [2.05, 4.69) is 10.6 Å². The fourth-order valence-electron chi connectivity index (χ4n) is 5.92. The highest BCUT2D eigenvalue weighted by Crippen LogP contribution is 2.37. The Kier molecular flexibility index (Phi) is 7.33. The summed E-state index contributed by atoms with van der Waals surface area (Å²) >= 11 is 0. The standard InChI is InChI=1S/C32H34FN3O3/c33-28-20-26(39-21-22-7-6-8-23(19-22)32(38)35-17-15-25(37)16-18-35)13-14-27(28)31-34-29-11-4-5-12-30(29)36(31)24-9-2-1-3-10-24/h4-8,11-14,19-20,24-25,37H,1-3,9-10,15-18,21H2. The van der Waals surface area contributed by atoms with Gasteiger partial charge in [0.05, 0.1) is 22.7 Å². The van der Waals surface area contributed by atoms with Crippen LogP contribution in [0.3, 0.4) is 0 Å². The molecule has 39 heavy (non-hydrogen) atoms. The minimum Gasteiger partial charge on any atom is -0.489 e. The van der Waals surface area contributed by atoms with E-state index in [4.69, 9.17) is 9.72 Å². The lowest BCUT2D eigenvalue weighted by molar-refractivity contribution is 0.0546. The lowest BCUT2D eigenvalue weighted by Crippen LogP contribution is -2.40. The second kappa shape index (κ2) is 11.2. The van der Waals surface area contributed by atoms with Gasteiger partial charge < -0.3 is 19.3 Å². The predicted octanol–water partition coefficient (Wildman–Crippen LogP) is 6.52. The molecule has 1 aliphatic carbocycles. The third-order valence-corrected chi connectivity index (χ3v) is 8.05. The number of para-hydroxylation sites is 2. The first-order valence-electron chi connectivity index (χ1n) is 14.0. The molecule has 2 fully saturated rings. The van der Waals surface area contributed by atoms with Crippen LogP contribution < -0.4 is 4.74 Å². The number of hydrogen-bond donors (Lipinski definition) is 1. The van der Waals surface area contributed by atoms with Crippen LogP contribution in [-0.2, 0) is 6.61 Å². The van der Waals surface area contributed by atoms with Crippen LogP contribution in [0.15, 0.2) is 66.7 Å². The first-order chi connectivity index (χ1) is 19.1. The number of carbonyl (C=O) groups is 1. The summed E-state index contributed by atoms with van der Waals surface area (Å²) < 4.78 is 23.7. The van der Waals surface area contributed by atoms with Crippen LogP contribution in [0.25, 0.3) is 22.4 Å². The Bertz CT molecular complexity index is 1470. The molecule has 3 aromatic carbocycles. The van der Waals surface area contributed by atoms with Crippen molar-refractivity contribution >= 4 is 16.9 Å². The third-order valence-electron chi connectivity index (χ3n) is 8.05. The molecular weight excluding hydrogens is 493 g/mol.